The topological polar surface area (TPSA) is 38.3 Å². The van der Waals surface area contributed by atoms with Gasteiger partial charge in [0, 0.05) is 16.9 Å². The van der Waals surface area contributed by atoms with Crippen molar-refractivity contribution < 1.29 is 9.53 Å². The molecular formula is C15H20BrNO2. The van der Waals surface area contributed by atoms with E-state index in [9.17, 15) is 4.79 Å². The maximum Gasteiger partial charge on any atom is 0.251 e. The quantitative estimate of drug-likeness (QED) is 0.862. The molecule has 1 amide bonds. The summed E-state index contributed by atoms with van der Waals surface area (Å²) in [4.78, 5) is 12.7. The van der Waals surface area contributed by atoms with E-state index in [1.807, 2.05) is 19.1 Å². The number of halogens is 1. The van der Waals surface area contributed by atoms with Crippen molar-refractivity contribution in [2.75, 3.05) is 13.7 Å². The number of benzene rings is 1. The first-order valence-corrected chi connectivity index (χ1v) is 7.58. The van der Waals surface area contributed by atoms with Crippen molar-refractivity contribution in [3.05, 3.63) is 29.3 Å². The van der Waals surface area contributed by atoms with Crippen LogP contribution in [0, 0.1) is 12.8 Å². The number of hydrogen-bond acceptors (Lipinski definition) is 2. The zero-order chi connectivity index (χ0) is 13.8. The van der Waals surface area contributed by atoms with Crippen LogP contribution in [0.15, 0.2) is 18.2 Å². The van der Waals surface area contributed by atoms with Crippen LogP contribution in [0.2, 0.25) is 0 Å². The third-order valence-electron chi connectivity index (χ3n) is 3.70. The number of hydrogen-bond donors (Lipinski definition) is 1. The number of ether oxygens (including phenoxy) is 1. The highest BCUT2D eigenvalue weighted by Gasteiger charge is 2.22. The largest absolute Gasteiger partial charge is 0.496 e. The Bertz CT molecular complexity index is 461. The lowest BCUT2D eigenvalue weighted by atomic mass is 10.1. The predicted octanol–water partition coefficient (Wildman–Crippen LogP) is 3.30. The number of carbonyl (C=O) groups is 1. The molecule has 1 saturated carbocycles. The minimum absolute atomic E-state index is 0.0173. The van der Waals surface area contributed by atoms with Crippen molar-refractivity contribution >= 4 is 21.8 Å². The molecule has 2 atom stereocenters. The molecule has 0 spiro atoms. The van der Waals surface area contributed by atoms with Crippen molar-refractivity contribution in [2.24, 2.45) is 5.92 Å². The molecule has 3 nitrogen and oxygen atoms in total. The molecule has 0 aromatic heterocycles. The molecule has 1 aromatic rings. The van der Waals surface area contributed by atoms with Crippen molar-refractivity contribution in [3.63, 3.8) is 0 Å². The Hall–Kier alpha value is -1.03. The molecular weight excluding hydrogens is 306 g/mol. The second kappa shape index (κ2) is 6.42. The number of aryl methyl sites for hydroxylation is 1. The van der Waals surface area contributed by atoms with Gasteiger partial charge < -0.3 is 10.1 Å². The molecule has 2 rings (SSSR count). The molecule has 1 aliphatic carbocycles. The van der Waals surface area contributed by atoms with Gasteiger partial charge in [-0.3, -0.25) is 4.79 Å². The van der Waals surface area contributed by atoms with Crippen LogP contribution in [-0.4, -0.2) is 24.4 Å². The summed E-state index contributed by atoms with van der Waals surface area (Å²) in [6.07, 6.45) is 3.55. The smallest absolute Gasteiger partial charge is 0.251 e. The lowest BCUT2D eigenvalue weighted by Gasteiger charge is -2.12. The van der Waals surface area contributed by atoms with E-state index in [2.05, 4.69) is 21.2 Å². The van der Waals surface area contributed by atoms with Gasteiger partial charge in [-0.15, -0.1) is 0 Å². The SMILES string of the molecule is COc1cc(C(=O)NCC2CCC(Br)C2)ccc1C. The van der Waals surface area contributed by atoms with E-state index >= 15 is 0 Å². The fraction of sp³-hybridized carbons (Fsp3) is 0.533. The molecule has 1 aliphatic rings. The number of alkyl halides is 1. The monoisotopic (exact) mass is 325 g/mol. The lowest BCUT2D eigenvalue weighted by molar-refractivity contribution is 0.0947. The molecule has 1 fully saturated rings. The number of rotatable bonds is 4. The molecule has 0 heterocycles. The predicted molar refractivity (Wildman–Crippen MR) is 80.1 cm³/mol. The second-order valence-corrected chi connectivity index (χ2v) is 6.47. The maximum absolute atomic E-state index is 12.1. The van der Waals surface area contributed by atoms with Gasteiger partial charge in [0.05, 0.1) is 7.11 Å². The van der Waals surface area contributed by atoms with E-state index in [1.165, 1.54) is 12.8 Å². The van der Waals surface area contributed by atoms with Crippen molar-refractivity contribution in [2.45, 2.75) is 31.0 Å². The first-order chi connectivity index (χ1) is 9.10. The van der Waals surface area contributed by atoms with Gasteiger partial charge in [-0.2, -0.15) is 0 Å². The fourth-order valence-corrected chi connectivity index (χ4v) is 3.29. The molecule has 2 unspecified atom stereocenters. The first kappa shape index (κ1) is 14.4. The third-order valence-corrected chi connectivity index (χ3v) is 4.53. The van der Waals surface area contributed by atoms with Crippen LogP contribution in [0.1, 0.15) is 35.2 Å². The molecule has 0 saturated heterocycles. The van der Waals surface area contributed by atoms with Crippen LogP contribution in [0.5, 0.6) is 5.75 Å². The summed E-state index contributed by atoms with van der Waals surface area (Å²) >= 11 is 3.63. The van der Waals surface area contributed by atoms with E-state index in [0.29, 0.717) is 16.3 Å². The van der Waals surface area contributed by atoms with Crippen molar-refractivity contribution in [1.82, 2.24) is 5.32 Å². The number of amides is 1. The highest BCUT2D eigenvalue weighted by atomic mass is 79.9. The minimum Gasteiger partial charge on any atom is -0.496 e. The molecule has 0 aliphatic heterocycles. The Labute approximate surface area is 122 Å². The molecule has 0 radical (unpaired) electrons. The van der Waals surface area contributed by atoms with Gasteiger partial charge in [-0.05, 0) is 49.8 Å². The summed E-state index contributed by atoms with van der Waals surface area (Å²) in [6.45, 7) is 2.73. The van der Waals surface area contributed by atoms with Gasteiger partial charge in [-0.1, -0.05) is 22.0 Å². The van der Waals surface area contributed by atoms with Crippen LogP contribution in [0.4, 0.5) is 0 Å². The Morgan fingerprint density at radius 1 is 1.47 bits per heavy atom. The summed E-state index contributed by atoms with van der Waals surface area (Å²) < 4.78 is 5.24. The summed E-state index contributed by atoms with van der Waals surface area (Å²) in [5.41, 5.74) is 1.70. The standard InChI is InChI=1S/C15H20BrNO2/c1-10-3-5-12(8-14(10)19-2)15(18)17-9-11-4-6-13(16)7-11/h3,5,8,11,13H,4,6-7,9H2,1-2H3,(H,17,18). The molecule has 0 bridgehead atoms. The van der Waals surface area contributed by atoms with Crippen LogP contribution < -0.4 is 10.1 Å². The van der Waals surface area contributed by atoms with Gasteiger partial charge in [0.1, 0.15) is 5.75 Å². The van der Waals surface area contributed by atoms with E-state index in [1.54, 1.807) is 13.2 Å². The molecule has 19 heavy (non-hydrogen) atoms. The minimum atomic E-state index is -0.0173. The van der Waals surface area contributed by atoms with Crippen LogP contribution in [-0.2, 0) is 0 Å². The molecule has 4 heteroatoms. The Morgan fingerprint density at radius 3 is 2.89 bits per heavy atom. The van der Waals surface area contributed by atoms with Gasteiger partial charge >= 0.3 is 0 Å². The van der Waals surface area contributed by atoms with Crippen LogP contribution >= 0.6 is 15.9 Å². The van der Waals surface area contributed by atoms with Crippen molar-refractivity contribution in [1.29, 1.82) is 0 Å². The molecule has 1 aromatic carbocycles. The second-order valence-electron chi connectivity index (χ2n) is 5.17. The first-order valence-electron chi connectivity index (χ1n) is 6.67. The number of carbonyl (C=O) groups excluding carboxylic acids is 1. The normalized spacial score (nSPS) is 22.3. The Kier molecular flexibility index (Phi) is 4.86. The highest BCUT2D eigenvalue weighted by Crippen LogP contribution is 2.30. The van der Waals surface area contributed by atoms with Gasteiger partial charge in [0.2, 0.25) is 0 Å². The van der Waals surface area contributed by atoms with E-state index < -0.39 is 0 Å². The molecule has 1 N–H and O–H groups in total. The fourth-order valence-electron chi connectivity index (χ4n) is 2.50. The van der Waals surface area contributed by atoms with E-state index in [0.717, 1.165) is 24.3 Å². The highest BCUT2D eigenvalue weighted by molar-refractivity contribution is 9.09. The van der Waals surface area contributed by atoms with Crippen LogP contribution in [0.3, 0.4) is 0 Å². The maximum atomic E-state index is 12.1. The average molecular weight is 326 g/mol. The summed E-state index contributed by atoms with van der Waals surface area (Å²) in [5, 5.41) is 3.02. The van der Waals surface area contributed by atoms with Gasteiger partial charge in [-0.25, -0.2) is 0 Å². The summed E-state index contributed by atoms with van der Waals surface area (Å²) in [7, 11) is 1.62. The lowest BCUT2D eigenvalue weighted by Crippen LogP contribution is -2.28. The Morgan fingerprint density at radius 2 is 2.26 bits per heavy atom. The van der Waals surface area contributed by atoms with E-state index in [4.69, 9.17) is 4.74 Å². The molecule has 104 valence electrons. The van der Waals surface area contributed by atoms with Gasteiger partial charge in [0.15, 0.2) is 0 Å². The Balaban J connectivity index is 1.92. The van der Waals surface area contributed by atoms with Gasteiger partial charge in [0.25, 0.3) is 5.91 Å². The zero-order valence-corrected chi connectivity index (χ0v) is 13.0. The number of methoxy groups -OCH3 is 1. The van der Waals surface area contributed by atoms with Crippen molar-refractivity contribution in [3.8, 4) is 5.75 Å². The van der Waals surface area contributed by atoms with Crippen LogP contribution in [0.25, 0.3) is 0 Å². The van der Waals surface area contributed by atoms with E-state index in [-0.39, 0.29) is 5.91 Å². The average Bonchev–Trinajstić information content (AvgIpc) is 2.82. The zero-order valence-electron chi connectivity index (χ0n) is 11.4. The third kappa shape index (κ3) is 3.72. The summed E-state index contributed by atoms with van der Waals surface area (Å²) in [5.74, 6) is 1.34. The number of nitrogens with one attached hydrogen (secondary N) is 1. The summed E-state index contributed by atoms with van der Waals surface area (Å²) in [6, 6.07) is 5.56.